The third-order valence-corrected chi connectivity index (χ3v) is 3.02. The number of methoxy groups -OCH3 is 3. The molecule has 104 valence electrons. The van der Waals surface area contributed by atoms with Gasteiger partial charge in [-0.15, -0.1) is 0 Å². The summed E-state index contributed by atoms with van der Waals surface area (Å²) in [5.41, 5.74) is 0. The minimum absolute atomic E-state index is 0.0962. The van der Waals surface area contributed by atoms with E-state index in [9.17, 15) is 4.79 Å². The SMILES string of the molecule is COC1/C=C\C(OC)C(OC)CC(=O)OC(C)C1. The lowest BCUT2D eigenvalue weighted by molar-refractivity contribution is -0.154. The Bertz CT molecular complexity index is 289. The molecule has 0 saturated heterocycles. The van der Waals surface area contributed by atoms with Gasteiger partial charge in [0.25, 0.3) is 0 Å². The van der Waals surface area contributed by atoms with Crippen molar-refractivity contribution in [2.24, 2.45) is 0 Å². The van der Waals surface area contributed by atoms with Gasteiger partial charge in [0.2, 0.25) is 0 Å². The zero-order chi connectivity index (χ0) is 13.5. The van der Waals surface area contributed by atoms with Crippen molar-refractivity contribution in [3.8, 4) is 0 Å². The molecule has 0 fully saturated rings. The topological polar surface area (TPSA) is 54.0 Å². The second-order valence-corrected chi connectivity index (χ2v) is 4.37. The minimum Gasteiger partial charge on any atom is -0.462 e. The van der Waals surface area contributed by atoms with E-state index in [2.05, 4.69) is 0 Å². The van der Waals surface area contributed by atoms with Gasteiger partial charge in [-0.2, -0.15) is 0 Å². The van der Waals surface area contributed by atoms with Gasteiger partial charge in [0.05, 0.1) is 18.6 Å². The third-order valence-electron chi connectivity index (χ3n) is 3.02. The fourth-order valence-corrected chi connectivity index (χ4v) is 1.99. The van der Waals surface area contributed by atoms with Crippen LogP contribution in [0.1, 0.15) is 19.8 Å². The van der Waals surface area contributed by atoms with Gasteiger partial charge in [-0.25, -0.2) is 0 Å². The van der Waals surface area contributed by atoms with Crippen molar-refractivity contribution >= 4 is 5.97 Å². The predicted octanol–water partition coefficient (Wildman–Crippen LogP) is 1.31. The maximum atomic E-state index is 11.7. The van der Waals surface area contributed by atoms with Crippen molar-refractivity contribution in [3.05, 3.63) is 12.2 Å². The highest BCUT2D eigenvalue weighted by Gasteiger charge is 2.26. The summed E-state index contributed by atoms with van der Waals surface area (Å²) >= 11 is 0. The van der Waals surface area contributed by atoms with Crippen LogP contribution in [0, 0.1) is 0 Å². The number of hydrogen-bond donors (Lipinski definition) is 0. The van der Waals surface area contributed by atoms with Crippen LogP contribution >= 0.6 is 0 Å². The molecule has 0 bridgehead atoms. The largest absolute Gasteiger partial charge is 0.462 e. The van der Waals surface area contributed by atoms with E-state index in [1.165, 1.54) is 0 Å². The molecule has 18 heavy (non-hydrogen) atoms. The molecular formula is C13H22O5. The number of hydrogen-bond acceptors (Lipinski definition) is 5. The zero-order valence-electron chi connectivity index (χ0n) is 11.4. The molecule has 0 N–H and O–H groups in total. The summed E-state index contributed by atoms with van der Waals surface area (Å²) < 4.78 is 21.2. The lowest BCUT2D eigenvalue weighted by Gasteiger charge is -2.25. The van der Waals surface area contributed by atoms with E-state index in [0.717, 1.165) is 0 Å². The smallest absolute Gasteiger partial charge is 0.308 e. The molecule has 1 heterocycles. The first-order valence-electron chi connectivity index (χ1n) is 6.06. The quantitative estimate of drug-likeness (QED) is 0.564. The highest BCUT2D eigenvalue weighted by molar-refractivity contribution is 5.70. The van der Waals surface area contributed by atoms with Gasteiger partial charge < -0.3 is 18.9 Å². The summed E-state index contributed by atoms with van der Waals surface area (Å²) in [5.74, 6) is -0.276. The fourth-order valence-electron chi connectivity index (χ4n) is 1.99. The molecule has 5 nitrogen and oxygen atoms in total. The van der Waals surface area contributed by atoms with Gasteiger partial charge in [0, 0.05) is 27.8 Å². The van der Waals surface area contributed by atoms with Crippen LogP contribution in [-0.2, 0) is 23.7 Å². The lowest BCUT2D eigenvalue weighted by atomic mass is 10.1. The second kappa shape index (κ2) is 7.51. The Hall–Kier alpha value is -0.910. The summed E-state index contributed by atoms with van der Waals surface area (Å²) in [7, 11) is 4.77. The summed E-state index contributed by atoms with van der Waals surface area (Å²) in [4.78, 5) is 11.7. The van der Waals surface area contributed by atoms with Crippen LogP contribution in [0.3, 0.4) is 0 Å². The molecule has 0 aromatic heterocycles. The molecule has 0 radical (unpaired) electrons. The Morgan fingerprint density at radius 1 is 1.17 bits per heavy atom. The minimum atomic E-state index is -0.346. The van der Waals surface area contributed by atoms with E-state index in [-0.39, 0.29) is 36.8 Å². The molecule has 0 spiro atoms. The van der Waals surface area contributed by atoms with Crippen LogP contribution in [0.25, 0.3) is 0 Å². The summed E-state index contributed by atoms with van der Waals surface area (Å²) in [6, 6.07) is 0. The number of esters is 1. The van der Waals surface area contributed by atoms with Gasteiger partial charge in [-0.1, -0.05) is 12.2 Å². The highest BCUT2D eigenvalue weighted by atomic mass is 16.6. The van der Waals surface area contributed by atoms with E-state index in [1.807, 2.05) is 19.1 Å². The van der Waals surface area contributed by atoms with E-state index < -0.39 is 0 Å². The first-order chi connectivity index (χ1) is 8.60. The summed E-state index contributed by atoms with van der Waals surface area (Å²) in [5, 5.41) is 0. The predicted molar refractivity (Wildman–Crippen MR) is 66.3 cm³/mol. The highest BCUT2D eigenvalue weighted by Crippen LogP contribution is 2.16. The molecular weight excluding hydrogens is 236 g/mol. The van der Waals surface area contributed by atoms with Crippen LogP contribution < -0.4 is 0 Å². The monoisotopic (exact) mass is 258 g/mol. The molecule has 4 atom stereocenters. The normalized spacial score (nSPS) is 35.9. The van der Waals surface area contributed by atoms with Crippen molar-refractivity contribution in [2.45, 2.75) is 44.2 Å². The molecule has 0 amide bonds. The van der Waals surface area contributed by atoms with Crippen molar-refractivity contribution < 1.29 is 23.7 Å². The van der Waals surface area contributed by atoms with Crippen molar-refractivity contribution in [2.75, 3.05) is 21.3 Å². The van der Waals surface area contributed by atoms with Crippen LogP contribution in [-0.4, -0.2) is 51.7 Å². The molecule has 5 heteroatoms. The molecule has 0 aliphatic carbocycles. The van der Waals surface area contributed by atoms with Crippen LogP contribution in [0.15, 0.2) is 12.2 Å². The average Bonchev–Trinajstić information content (AvgIpc) is 2.35. The van der Waals surface area contributed by atoms with Crippen LogP contribution in [0.4, 0.5) is 0 Å². The Kier molecular flexibility index (Phi) is 6.32. The third kappa shape index (κ3) is 4.40. The molecule has 1 aliphatic rings. The molecule has 0 aromatic rings. The first-order valence-corrected chi connectivity index (χ1v) is 6.06. The fraction of sp³-hybridized carbons (Fsp3) is 0.769. The standard InChI is InChI=1S/C13H22O5/c1-9-7-10(15-2)5-6-11(16-3)12(17-4)8-13(14)18-9/h5-6,9-12H,7-8H2,1-4H3/b6-5-. The first kappa shape index (κ1) is 15.1. The lowest BCUT2D eigenvalue weighted by Crippen LogP contribution is -2.34. The van der Waals surface area contributed by atoms with Crippen LogP contribution in [0.5, 0.6) is 0 Å². The van der Waals surface area contributed by atoms with Crippen molar-refractivity contribution in [1.29, 1.82) is 0 Å². The number of carbonyl (C=O) groups excluding carboxylic acids is 1. The second-order valence-electron chi connectivity index (χ2n) is 4.37. The van der Waals surface area contributed by atoms with Crippen molar-refractivity contribution in [1.82, 2.24) is 0 Å². The van der Waals surface area contributed by atoms with Gasteiger partial charge in [0.1, 0.15) is 12.2 Å². The number of ether oxygens (including phenoxy) is 4. The summed E-state index contributed by atoms with van der Waals surface area (Å²) in [6.07, 6.45) is 3.72. The molecule has 4 unspecified atom stereocenters. The molecule has 0 aromatic carbocycles. The van der Waals surface area contributed by atoms with E-state index in [4.69, 9.17) is 18.9 Å². The Morgan fingerprint density at radius 3 is 2.44 bits per heavy atom. The Balaban J connectivity index is 2.87. The Labute approximate surface area is 108 Å². The Morgan fingerprint density at radius 2 is 1.89 bits per heavy atom. The number of rotatable bonds is 3. The van der Waals surface area contributed by atoms with E-state index in [1.54, 1.807) is 21.3 Å². The maximum absolute atomic E-state index is 11.7. The molecule has 0 saturated carbocycles. The molecule has 1 aliphatic heterocycles. The maximum Gasteiger partial charge on any atom is 0.308 e. The molecule has 1 rings (SSSR count). The zero-order valence-corrected chi connectivity index (χ0v) is 11.4. The summed E-state index contributed by atoms with van der Waals surface area (Å²) in [6.45, 7) is 1.86. The number of carbonyl (C=O) groups is 1. The van der Waals surface area contributed by atoms with E-state index in [0.29, 0.717) is 6.42 Å². The van der Waals surface area contributed by atoms with Gasteiger partial charge >= 0.3 is 5.97 Å². The van der Waals surface area contributed by atoms with Crippen molar-refractivity contribution in [3.63, 3.8) is 0 Å². The average molecular weight is 258 g/mol. The van der Waals surface area contributed by atoms with Crippen LogP contribution in [0.2, 0.25) is 0 Å². The van der Waals surface area contributed by atoms with Gasteiger partial charge in [-0.05, 0) is 6.92 Å². The van der Waals surface area contributed by atoms with Gasteiger partial charge in [-0.3, -0.25) is 4.79 Å². The van der Waals surface area contributed by atoms with E-state index >= 15 is 0 Å². The van der Waals surface area contributed by atoms with Gasteiger partial charge in [0.15, 0.2) is 0 Å². The number of cyclic esters (lactones) is 1.